The zero-order valence-electron chi connectivity index (χ0n) is 19.4. The predicted molar refractivity (Wildman–Crippen MR) is 134 cm³/mol. The molecule has 0 unspecified atom stereocenters. The molecule has 0 N–H and O–H groups in total. The molecule has 4 rings (SSSR count). The van der Waals surface area contributed by atoms with Crippen molar-refractivity contribution in [3.63, 3.8) is 0 Å². The minimum atomic E-state index is 0.234. The first-order chi connectivity index (χ1) is 15.5. The highest BCUT2D eigenvalue weighted by Crippen LogP contribution is 2.29. The van der Waals surface area contributed by atoms with Gasteiger partial charge < -0.3 is 9.80 Å². The molecular formula is C28H35ClN2O. The number of piperidine rings is 1. The second-order valence-corrected chi connectivity index (χ2v) is 9.91. The lowest BCUT2D eigenvalue weighted by Crippen LogP contribution is -2.37. The van der Waals surface area contributed by atoms with Crippen LogP contribution in [-0.2, 0) is 17.6 Å². The monoisotopic (exact) mass is 450 g/mol. The van der Waals surface area contributed by atoms with Gasteiger partial charge in [0.25, 0.3) is 0 Å². The second-order valence-electron chi connectivity index (χ2n) is 9.47. The van der Waals surface area contributed by atoms with E-state index in [1.807, 2.05) is 23.1 Å². The maximum absolute atomic E-state index is 12.7. The molecule has 0 atom stereocenters. The minimum Gasteiger partial charge on any atom is -0.342 e. The maximum Gasteiger partial charge on any atom is 0.226 e. The lowest BCUT2D eigenvalue weighted by molar-refractivity contribution is -0.131. The molecule has 2 aliphatic rings. The van der Waals surface area contributed by atoms with Crippen LogP contribution in [0.3, 0.4) is 0 Å². The van der Waals surface area contributed by atoms with Gasteiger partial charge in [-0.1, -0.05) is 54.1 Å². The summed E-state index contributed by atoms with van der Waals surface area (Å²) in [6, 6.07) is 15.6. The van der Waals surface area contributed by atoms with Gasteiger partial charge in [-0.3, -0.25) is 4.79 Å². The topological polar surface area (TPSA) is 23.6 Å². The number of amides is 1. The van der Waals surface area contributed by atoms with Crippen molar-refractivity contribution in [2.45, 2.75) is 57.9 Å². The fourth-order valence-electron chi connectivity index (χ4n) is 5.00. The molecule has 1 fully saturated rings. The lowest BCUT2D eigenvalue weighted by Gasteiger charge is -2.32. The van der Waals surface area contributed by atoms with Crippen molar-refractivity contribution >= 4 is 23.6 Å². The minimum absolute atomic E-state index is 0.234. The Labute approximate surface area is 198 Å². The van der Waals surface area contributed by atoms with Crippen LogP contribution in [0, 0.1) is 0 Å². The molecule has 1 amide bonds. The van der Waals surface area contributed by atoms with Gasteiger partial charge in [-0.15, -0.1) is 0 Å². The smallest absolute Gasteiger partial charge is 0.226 e. The van der Waals surface area contributed by atoms with E-state index in [4.69, 9.17) is 11.6 Å². The fourth-order valence-corrected chi connectivity index (χ4v) is 5.13. The van der Waals surface area contributed by atoms with Crippen molar-refractivity contribution in [3.8, 4) is 0 Å². The third-order valence-corrected chi connectivity index (χ3v) is 7.34. The number of hydrogen-bond acceptors (Lipinski definition) is 2. The molecule has 4 heteroatoms. The molecule has 0 aromatic heterocycles. The van der Waals surface area contributed by atoms with Crippen LogP contribution in [0.4, 0.5) is 0 Å². The molecule has 2 aliphatic heterocycles. The molecule has 3 nitrogen and oxygen atoms in total. The zero-order chi connectivity index (χ0) is 22.5. The summed E-state index contributed by atoms with van der Waals surface area (Å²) in [5.74, 6) is 0.760. The van der Waals surface area contributed by atoms with E-state index >= 15 is 0 Å². The van der Waals surface area contributed by atoms with Gasteiger partial charge in [0, 0.05) is 43.7 Å². The number of halogens is 1. The molecule has 170 valence electrons. The molecule has 2 aromatic carbocycles. The highest BCUT2D eigenvalue weighted by molar-refractivity contribution is 6.30. The Morgan fingerprint density at radius 3 is 2.38 bits per heavy atom. The summed E-state index contributed by atoms with van der Waals surface area (Å²) in [5, 5.41) is 0.778. The molecular weight excluding hydrogens is 416 g/mol. The Morgan fingerprint density at radius 1 is 1.00 bits per heavy atom. The first kappa shape index (κ1) is 23.1. The van der Waals surface area contributed by atoms with Gasteiger partial charge in [0.15, 0.2) is 0 Å². The van der Waals surface area contributed by atoms with Crippen LogP contribution in [-0.4, -0.2) is 47.9 Å². The Morgan fingerprint density at radius 2 is 1.69 bits per heavy atom. The first-order valence-corrected chi connectivity index (χ1v) is 12.4. The van der Waals surface area contributed by atoms with E-state index in [-0.39, 0.29) is 5.91 Å². The molecule has 0 radical (unpaired) electrons. The van der Waals surface area contributed by atoms with Crippen LogP contribution in [0.2, 0.25) is 5.02 Å². The lowest BCUT2D eigenvalue weighted by atomic mass is 9.89. The van der Waals surface area contributed by atoms with Crippen LogP contribution in [0.5, 0.6) is 0 Å². The van der Waals surface area contributed by atoms with Gasteiger partial charge in [-0.05, 0) is 79.8 Å². The van der Waals surface area contributed by atoms with Gasteiger partial charge in [0.2, 0.25) is 5.91 Å². The molecule has 0 aliphatic carbocycles. The van der Waals surface area contributed by atoms with E-state index in [2.05, 4.69) is 55.2 Å². The third kappa shape index (κ3) is 5.82. The number of fused-ring (bicyclic) bond motifs is 1. The van der Waals surface area contributed by atoms with Crippen LogP contribution in [0.1, 0.15) is 61.3 Å². The standard InChI is InChI=1S/C28H35ClN2O/c1-21(2)30-16-12-24-7-6-22(20-26(24)15-17-30)4-3-5-28(32)31-18-13-25(14-19-31)23-8-10-27(29)11-9-23/h3-4,6-11,20-21,25H,5,12-19H2,1-2H3. The average Bonchev–Trinajstić information content (AvgIpc) is 3.02. The second kappa shape index (κ2) is 10.7. The summed E-state index contributed by atoms with van der Waals surface area (Å²) in [4.78, 5) is 17.3. The van der Waals surface area contributed by atoms with Crippen LogP contribution >= 0.6 is 11.6 Å². The zero-order valence-corrected chi connectivity index (χ0v) is 20.2. The Bertz CT molecular complexity index is 942. The Balaban J connectivity index is 1.27. The van der Waals surface area contributed by atoms with Crippen molar-refractivity contribution in [1.82, 2.24) is 9.80 Å². The van der Waals surface area contributed by atoms with Gasteiger partial charge in [0.05, 0.1) is 0 Å². The van der Waals surface area contributed by atoms with Crippen LogP contribution in [0.25, 0.3) is 6.08 Å². The summed E-state index contributed by atoms with van der Waals surface area (Å²) < 4.78 is 0. The quantitative estimate of drug-likeness (QED) is 0.561. The largest absolute Gasteiger partial charge is 0.342 e. The van der Waals surface area contributed by atoms with Crippen LogP contribution < -0.4 is 0 Å². The molecule has 2 aromatic rings. The van der Waals surface area contributed by atoms with Gasteiger partial charge >= 0.3 is 0 Å². The van der Waals surface area contributed by atoms with E-state index in [0.717, 1.165) is 56.9 Å². The van der Waals surface area contributed by atoms with E-state index in [1.165, 1.54) is 22.3 Å². The summed E-state index contributed by atoms with van der Waals surface area (Å²) in [6.45, 7) is 8.50. The number of carbonyl (C=O) groups excluding carboxylic acids is 1. The Kier molecular flexibility index (Phi) is 7.70. The number of benzene rings is 2. The van der Waals surface area contributed by atoms with Crippen molar-refractivity contribution in [2.75, 3.05) is 26.2 Å². The van der Waals surface area contributed by atoms with Crippen molar-refractivity contribution in [1.29, 1.82) is 0 Å². The summed E-state index contributed by atoms with van der Waals surface area (Å²) in [5.41, 5.74) is 5.48. The number of rotatable bonds is 5. The average molecular weight is 451 g/mol. The van der Waals surface area contributed by atoms with Crippen molar-refractivity contribution in [2.24, 2.45) is 0 Å². The SMILES string of the molecule is CC(C)N1CCc2ccc(C=CCC(=O)N3CCC(c4ccc(Cl)cc4)CC3)cc2CC1. The summed E-state index contributed by atoms with van der Waals surface area (Å²) >= 11 is 6.01. The predicted octanol–water partition coefficient (Wildman–Crippen LogP) is 5.96. The van der Waals surface area contributed by atoms with Gasteiger partial charge in [-0.25, -0.2) is 0 Å². The van der Waals surface area contributed by atoms with Crippen molar-refractivity contribution in [3.05, 3.63) is 75.8 Å². The highest BCUT2D eigenvalue weighted by atomic mass is 35.5. The van der Waals surface area contributed by atoms with E-state index in [9.17, 15) is 4.79 Å². The molecule has 0 spiro atoms. The molecule has 0 bridgehead atoms. The third-order valence-electron chi connectivity index (χ3n) is 7.09. The molecule has 2 heterocycles. The van der Waals surface area contributed by atoms with Gasteiger partial charge in [-0.2, -0.15) is 0 Å². The summed E-state index contributed by atoms with van der Waals surface area (Å²) in [6.07, 6.45) is 8.91. The van der Waals surface area contributed by atoms with Gasteiger partial charge in [0.1, 0.15) is 0 Å². The number of hydrogen-bond donors (Lipinski definition) is 0. The molecule has 1 saturated heterocycles. The molecule has 0 saturated carbocycles. The Hall–Kier alpha value is -2.10. The molecule has 32 heavy (non-hydrogen) atoms. The van der Waals surface area contributed by atoms with Crippen molar-refractivity contribution < 1.29 is 4.79 Å². The maximum atomic E-state index is 12.7. The number of nitrogens with zero attached hydrogens (tertiary/aromatic N) is 2. The first-order valence-electron chi connectivity index (χ1n) is 12.1. The van der Waals surface area contributed by atoms with Crippen LogP contribution in [0.15, 0.2) is 48.5 Å². The van der Waals surface area contributed by atoms with E-state index in [0.29, 0.717) is 18.4 Å². The summed E-state index contributed by atoms with van der Waals surface area (Å²) in [7, 11) is 0. The van der Waals surface area contributed by atoms with E-state index in [1.54, 1.807) is 0 Å². The fraction of sp³-hybridized carbons (Fsp3) is 0.464. The highest BCUT2D eigenvalue weighted by Gasteiger charge is 2.23. The van der Waals surface area contributed by atoms with E-state index < -0.39 is 0 Å². The number of carbonyl (C=O) groups is 1. The number of likely N-dealkylation sites (tertiary alicyclic amines) is 1. The normalized spacial score (nSPS) is 18.2.